The Labute approximate surface area is 175 Å². The Morgan fingerprint density at radius 3 is 2.53 bits per heavy atom. The van der Waals surface area contributed by atoms with Crippen LogP contribution in [0.25, 0.3) is 0 Å². The molecule has 3 rings (SSSR count). The molecule has 1 fully saturated rings. The molecule has 1 aliphatic heterocycles. The number of ether oxygens (including phenoxy) is 2. The predicted molar refractivity (Wildman–Crippen MR) is 108 cm³/mol. The topological polar surface area (TPSA) is 90.5 Å². The summed E-state index contributed by atoms with van der Waals surface area (Å²) >= 11 is 0. The molecular formula is C22H27N2O6+. The molecule has 0 aliphatic carbocycles. The van der Waals surface area contributed by atoms with Crippen molar-refractivity contribution < 1.29 is 33.2 Å². The molecule has 1 N–H and O–H groups in total. The summed E-state index contributed by atoms with van der Waals surface area (Å²) < 4.78 is 16.0. The van der Waals surface area contributed by atoms with E-state index in [1.165, 1.54) is 36.3 Å². The van der Waals surface area contributed by atoms with Crippen LogP contribution in [0.5, 0.6) is 11.5 Å². The highest BCUT2D eigenvalue weighted by atomic mass is 16.5. The number of likely N-dealkylation sites (tertiary alicyclic amines) is 1. The van der Waals surface area contributed by atoms with Crippen LogP contribution in [-0.4, -0.2) is 63.8 Å². The molecule has 1 aromatic heterocycles. The van der Waals surface area contributed by atoms with E-state index in [0.717, 1.165) is 6.54 Å². The van der Waals surface area contributed by atoms with Gasteiger partial charge in [0.1, 0.15) is 17.4 Å². The van der Waals surface area contributed by atoms with Gasteiger partial charge in [0.15, 0.2) is 5.76 Å². The van der Waals surface area contributed by atoms with Crippen molar-refractivity contribution >= 4 is 17.5 Å². The Balaban J connectivity index is 2.06. The molecule has 1 aliphatic rings. The Hall–Kier alpha value is -3.13. The number of nitrogens with one attached hydrogen (secondary N) is 1. The Bertz CT molecular complexity index is 922. The van der Waals surface area contributed by atoms with Crippen LogP contribution in [0.2, 0.25) is 0 Å². The summed E-state index contributed by atoms with van der Waals surface area (Å²) in [6.45, 7) is 1.18. The van der Waals surface area contributed by atoms with E-state index < -0.39 is 29.4 Å². The van der Waals surface area contributed by atoms with Crippen molar-refractivity contribution in [3.63, 3.8) is 0 Å². The summed E-state index contributed by atoms with van der Waals surface area (Å²) in [7, 11) is 7.07. The van der Waals surface area contributed by atoms with Gasteiger partial charge in [0, 0.05) is 24.6 Å². The van der Waals surface area contributed by atoms with Gasteiger partial charge in [-0.25, -0.2) is 0 Å². The zero-order valence-electron chi connectivity index (χ0n) is 17.6. The van der Waals surface area contributed by atoms with Gasteiger partial charge in [0.05, 0.1) is 47.2 Å². The van der Waals surface area contributed by atoms with E-state index >= 15 is 0 Å². The number of carbonyl (C=O) groups excluding carboxylic acids is 3. The number of amides is 1. The summed E-state index contributed by atoms with van der Waals surface area (Å²) in [5.74, 6) is -2.02. The van der Waals surface area contributed by atoms with Crippen molar-refractivity contribution in [1.82, 2.24) is 4.90 Å². The minimum Gasteiger partial charge on any atom is -0.497 e. The van der Waals surface area contributed by atoms with E-state index in [1.54, 1.807) is 24.3 Å². The zero-order valence-corrected chi connectivity index (χ0v) is 17.6. The quantitative estimate of drug-likeness (QED) is 0.370. The molecule has 0 saturated carbocycles. The fourth-order valence-electron chi connectivity index (χ4n) is 3.81. The highest BCUT2D eigenvalue weighted by Crippen LogP contribution is 2.42. The molecule has 1 saturated heterocycles. The molecule has 30 heavy (non-hydrogen) atoms. The lowest BCUT2D eigenvalue weighted by Gasteiger charge is -2.28. The smallest absolute Gasteiger partial charge is 0.291 e. The van der Waals surface area contributed by atoms with Crippen LogP contribution >= 0.6 is 0 Å². The van der Waals surface area contributed by atoms with Crippen LogP contribution in [-0.2, 0) is 9.59 Å². The molecule has 0 radical (unpaired) electrons. The first kappa shape index (κ1) is 21.6. The van der Waals surface area contributed by atoms with Gasteiger partial charge >= 0.3 is 0 Å². The van der Waals surface area contributed by atoms with Crippen LogP contribution in [0.1, 0.15) is 28.6 Å². The number of benzene rings is 1. The van der Waals surface area contributed by atoms with Crippen molar-refractivity contribution in [3.8, 4) is 11.5 Å². The Morgan fingerprint density at radius 2 is 1.93 bits per heavy atom. The summed E-state index contributed by atoms with van der Waals surface area (Å²) in [6.07, 6.45) is 2.06. The van der Waals surface area contributed by atoms with E-state index in [2.05, 4.69) is 0 Å². The Morgan fingerprint density at radius 1 is 1.17 bits per heavy atom. The molecule has 2 atom stereocenters. The zero-order chi connectivity index (χ0) is 21.8. The number of carbonyl (C=O) groups is 3. The predicted octanol–water partition coefficient (Wildman–Crippen LogP) is 0.783. The maximum absolute atomic E-state index is 13.1. The van der Waals surface area contributed by atoms with Crippen LogP contribution in [0.15, 0.2) is 41.0 Å². The first-order chi connectivity index (χ1) is 14.4. The van der Waals surface area contributed by atoms with Crippen molar-refractivity contribution in [2.75, 3.05) is 41.4 Å². The molecule has 1 amide bonds. The molecular weight excluding hydrogens is 388 g/mol. The second-order valence-electron chi connectivity index (χ2n) is 7.55. The van der Waals surface area contributed by atoms with Crippen molar-refractivity contribution in [2.45, 2.75) is 12.5 Å². The van der Waals surface area contributed by atoms with Gasteiger partial charge in [-0.15, -0.1) is 0 Å². The first-order valence-corrected chi connectivity index (χ1v) is 9.82. The molecule has 2 aromatic rings. The van der Waals surface area contributed by atoms with Gasteiger partial charge in [-0.3, -0.25) is 14.4 Å². The highest BCUT2D eigenvalue weighted by molar-refractivity contribution is 6.43. The van der Waals surface area contributed by atoms with Crippen LogP contribution < -0.4 is 14.4 Å². The molecule has 1 aromatic carbocycles. The summed E-state index contributed by atoms with van der Waals surface area (Å²) in [5.41, 5.74) is 0.583. The van der Waals surface area contributed by atoms with Crippen molar-refractivity contribution in [2.24, 2.45) is 5.92 Å². The minimum atomic E-state index is -1.20. The molecule has 2 heterocycles. The number of quaternary nitrogens is 1. The Kier molecular flexibility index (Phi) is 6.56. The largest absolute Gasteiger partial charge is 0.497 e. The first-order valence-electron chi connectivity index (χ1n) is 9.82. The summed E-state index contributed by atoms with van der Waals surface area (Å²) in [6, 6.07) is 7.44. The lowest BCUT2D eigenvalue weighted by atomic mass is 9.87. The van der Waals surface area contributed by atoms with E-state index in [9.17, 15) is 14.4 Å². The maximum atomic E-state index is 13.1. The van der Waals surface area contributed by atoms with Gasteiger partial charge in [-0.2, -0.15) is 0 Å². The molecule has 2 unspecified atom stereocenters. The van der Waals surface area contributed by atoms with Gasteiger partial charge in [0.2, 0.25) is 11.6 Å². The minimum absolute atomic E-state index is 0.0539. The number of nitrogens with zero attached hydrogens (tertiary/aromatic N) is 1. The van der Waals surface area contributed by atoms with E-state index in [0.29, 0.717) is 30.0 Å². The number of rotatable bonds is 9. The van der Waals surface area contributed by atoms with Gasteiger partial charge in [-0.1, -0.05) is 0 Å². The van der Waals surface area contributed by atoms with E-state index in [4.69, 9.17) is 13.9 Å². The summed E-state index contributed by atoms with van der Waals surface area (Å²) in [4.78, 5) is 41.7. The van der Waals surface area contributed by atoms with Crippen molar-refractivity contribution in [3.05, 3.63) is 47.9 Å². The third kappa shape index (κ3) is 4.09. The number of ketones is 2. The van der Waals surface area contributed by atoms with Crippen LogP contribution in [0, 0.1) is 5.92 Å². The number of hydrogen-bond donors (Lipinski definition) is 1. The molecule has 160 valence electrons. The second kappa shape index (κ2) is 9.13. The lowest BCUT2D eigenvalue weighted by molar-refractivity contribution is -0.858. The molecule has 0 bridgehead atoms. The standard InChI is InChI=1S/C22H26N2O6/c1-23(2)10-6-11-24-19(15-9-8-14(28-3)13-17(15)29-4)18(21(26)22(24)27)20(25)16-7-5-12-30-16/h5,7-9,12-13,18-19H,6,10-11H2,1-4H3/p+1. The number of furan rings is 1. The lowest BCUT2D eigenvalue weighted by Crippen LogP contribution is -3.05. The normalized spacial score (nSPS) is 18.9. The number of hydrogen-bond acceptors (Lipinski definition) is 6. The number of Topliss-reactive ketones (excluding diaryl/α,β-unsaturated/α-hetero) is 2. The van der Waals surface area contributed by atoms with Gasteiger partial charge in [0.25, 0.3) is 5.91 Å². The third-order valence-electron chi connectivity index (χ3n) is 5.29. The monoisotopic (exact) mass is 415 g/mol. The highest BCUT2D eigenvalue weighted by Gasteiger charge is 2.52. The SMILES string of the molecule is COc1ccc(C2C(C(=O)c3ccco3)C(=O)C(=O)N2CCC[NH+](C)C)c(OC)c1. The maximum Gasteiger partial charge on any atom is 0.291 e. The van der Waals surface area contributed by atoms with E-state index in [1.807, 2.05) is 14.1 Å². The van der Waals surface area contributed by atoms with Gasteiger partial charge in [-0.05, 0) is 24.3 Å². The average Bonchev–Trinajstić information content (AvgIpc) is 3.35. The average molecular weight is 415 g/mol. The summed E-state index contributed by atoms with van der Waals surface area (Å²) in [5, 5.41) is 0. The fraction of sp³-hybridized carbons (Fsp3) is 0.409. The van der Waals surface area contributed by atoms with Crippen LogP contribution in [0.4, 0.5) is 0 Å². The van der Waals surface area contributed by atoms with Crippen LogP contribution in [0.3, 0.4) is 0 Å². The molecule has 8 nitrogen and oxygen atoms in total. The second-order valence-corrected chi connectivity index (χ2v) is 7.55. The van der Waals surface area contributed by atoms with Crippen molar-refractivity contribution in [1.29, 1.82) is 0 Å². The fourth-order valence-corrected chi connectivity index (χ4v) is 3.81. The number of methoxy groups -OCH3 is 2. The van der Waals surface area contributed by atoms with Gasteiger partial charge < -0.3 is 23.7 Å². The van der Waals surface area contributed by atoms with E-state index in [-0.39, 0.29) is 5.76 Å². The molecule has 8 heteroatoms. The third-order valence-corrected chi connectivity index (χ3v) is 5.29. The molecule has 0 spiro atoms.